The predicted molar refractivity (Wildman–Crippen MR) is 95.2 cm³/mol. The molecule has 1 aromatic carbocycles. The lowest BCUT2D eigenvalue weighted by molar-refractivity contribution is 0.331. The Bertz CT molecular complexity index is 628. The largest absolute Gasteiger partial charge is 0.355 e. The van der Waals surface area contributed by atoms with E-state index in [1.165, 1.54) is 12.1 Å². The molecule has 1 aromatic heterocycles. The summed E-state index contributed by atoms with van der Waals surface area (Å²) >= 11 is 0. The van der Waals surface area contributed by atoms with Crippen LogP contribution in [0.2, 0.25) is 0 Å². The molecule has 0 bridgehead atoms. The van der Waals surface area contributed by atoms with E-state index in [1.807, 2.05) is 37.4 Å². The van der Waals surface area contributed by atoms with Crippen LogP contribution in [-0.2, 0) is 13.1 Å². The van der Waals surface area contributed by atoms with Crippen LogP contribution in [0.1, 0.15) is 11.3 Å². The minimum Gasteiger partial charge on any atom is -0.355 e. The fourth-order valence-corrected chi connectivity index (χ4v) is 2.24. The number of aromatic nitrogens is 1. The topological polar surface area (TPSA) is 52.6 Å². The van der Waals surface area contributed by atoms with E-state index in [0.29, 0.717) is 6.54 Å². The van der Waals surface area contributed by atoms with Crippen molar-refractivity contribution in [3.8, 4) is 0 Å². The Morgan fingerprint density at radius 3 is 2.62 bits per heavy atom. The van der Waals surface area contributed by atoms with Crippen LogP contribution in [0.25, 0.3) is 0 Å². The summed E-state index contributed by atoms with van der Waals surface area (Å²) in [4.78, 5) is 10.6. The van der Waals surface area contributed by atoms with Crippen molar-refractivity contribution >= 4 is 5.96 Å². The van der Waals surface area contributed by atoms with Gasteiger partial charge in [-0.05, 0) is 36.9 Å². The molecule has 0 aliphatic heterocycles. The summed E-state index contributed by atoms with van der Waals surface area (Å²) in [6.07, 6.45) is 1.78. The molecule has 5 nitrogen and oxygen atoms in total. The van der Waals surface area contributed by atoms with Gasteiger partial charge >= 0.3 is 0 Å². The highest BCUT2D eigenvalue weighted by Crippen LogP contribution is 2.04. The molecule has 0 radical (unpaired) electrons. The molecule has 0 amide bonds. The van der Waals surface area contributed by atoms with E-state index >= 15 is 0 Å². The van der Waals surface area contributed by atoms with Crippen molar-refractivity contribution in [2.45, 2.75) is 13.1 Å². The quantitative estimate of drug-likeness (QED) is 0.603. The molecule has 2 aromatic rings. The smallest absolute Gasteiger partial charge is 0.191 e. The number of nitrogens with one attached hydrogen (secondary N) is 2. The van der Waals surface area contributed by atoms with Crippen LogP contribution >= 0.6 is 0 Å². The number of halogens is 1. The van der Waals surface area contributed by atoms with Crippen LogP contribution in [0, 0.1) is 5.82 Å². The van der Waals surface area contributed by atoms with Gasteiger partial charge < -0.3 is 15.5 Å². The first-order valence-corrected chi connectivity index (χ1v) is 7.95. The molecular weight excluding hydrogens is 305 g/mol. The average Bonchev–Trinajstić information content (AvgIpc) is 2.61. The lowest BCUT2D eigenvalue weighted by Gasteiger charge is -2.18. The van der Waals surface area contributed by atoms with Gasteiger partial charge in [-0.2, -0.15) is 0 Å². The Morgan fingerprint density at radius 2 is 1.96 bits per heavy atom. The zero-order valence-corrected chi connectivity index (χ0v) is 14.2. The summed E-state index contributed by atoms with van der Waals surface area (Å²) in [5.41, 5.74) is 2.06. The fraction of sp³-hybridized carbons (Fsp3) is 0.333. The second kappa shape index (κ2) is 9.62. The van der Waals surface area contributed by atoms with Crippen molar-refractivity contribution in [1.82, 2.24) is 20.5 Å². The molecule has 0 aliphatic rings. The second-order valence-corrected chi connectivity index (χ2v) is 5.54. The molecule has 128 valence electrons. The lowest BCUT2D eigenvalue weighted by Crippen LogP contribution is -2.40. The standard InChI is InChI=1S/C18H24FN5/c1-20-18(23-13-17-5-3-4-10-21-17)22-11-12-24(2)14-15-6-8-16(19)9-7-15/h3-10H,11-14H2,1-2H3,(H2,20,22,23). The zero-order chi connectivity index (χ0) is 17.2. The molecule has 0 unspecified atom stereocenters. The van der Waals surface area contributed by atoms with Crippen molar-refractivity contribution in [3.05, 3.63) is 65.7 Å². The van der Waals surface area contributed by atoms with Crippen LogP contribution in [0.4, 0.5) is 4.39 Å². The summed E-state index contributed by atoms with van der Waals surface area (Å²) in [5.74, 6) is 0.543. The number of rotatable bonds is 7. The lowest BCUT2D eigenvalue weighted by atomic mass is 10.2. The van der Waals surface area contributed by atoms with E-state index < -0.39 is 0 Å². The third kappa shape index (κ3) is 6.34. The van der Waals surface area contributed by atoms with Crippen LogP contribution in [0.15, 0.2) is 53.7 Å². The van der Waals surface area contributed by atoms with E-state index in [1.54, 1.807) is 13.2 Å². The highest BCUT2D eigenvalue weighted by atomic mass is 19.1. The van der Waals surface area contributed by atoms with Gasteiger partial charge in [0.2, 0.25) is 0 Å². The van der Waals surface area contributed by atoms with E-state index in [0.717, 1.165) is 36.9 Å². The molecule has 2 rings (SSSR count). The van der Waals surface area contributed by atoms with Crippen LogP contribution in [-0.4, -0.2) is 43.0 Å². The molecule has 1 heterocycles. The normalized spacial score (nSPS) is 11.6. The number of guanidine groups is 1. The van der Waals surface area contributed by atoms with Crippen molar-refractivity contribution < 1.29 is 4.39 Å². The Kier molecular flexibility index (Phi) is 7.17. The van der Waals surface area contributed by atoms with Gasteiger partial charge in [0.05, 0.1) is 12.2 Å². The number of aliphatic imine (C=N–C) groups is 1. The van der Waals surface area contributed by atoms with Gasteiger partial charge in [0.15, 0.2) is 5.96 Å². The summed E-state index contributed by atoms with van der Waals surface area (Å²) < 4.78 is 12.9. The van der Waals surface area contributed by atoms with Crippen molar-refractivity contribution in [2.75, 3.05) is 27.2 Å². The van der Waals surface area contributed by atoms with Crippen molar-refractivity contribution in [3.63, 3.8) is 0 Å². The minimum absolute atomic E-state index is 0.203. The molecule has 0 fully saturated rings. The van der Waals surface area contributed by atoms with Crippen LogP contribution < -0.4 is 10.6 Å². The average molecular weight is 329 g/mol. The molecule has 0 spiro atoms. The van der Waals surface area contributed by atoms with Crippen molar-refractivity contribution in [1.29, 1.82) is 0 Å². The molecule has 0 saturated heterocycles. The third-order valence-corrected chi connectivity index (χ3v) is 3.54. The molecule has 2 N–H and O–H groups in total. The number of hydrogen-bond acceptors (Lipinski definition) is 3. The molecule has 6 heteroatoms. The maximum atomic E-state index is 12.9. The van der Waals surface area contributed by atoms with Gasteiger partial charge in [-0.1, -0.05) is 18.2 Å². The van der Waals surface area contributed by atoms with Crippen LogP contribution in [0.5, 0.6) is 0 Å². The number of benzene rings is 1. The van der Waals surface area contributed by atoms with Gasteiger partial charge in [-0.15, -0.1) is 0 Å². The summed E-state index contributed by atoms with van der Waals surface area (Å²) in [5, 5.41) is 6.51. The second-order valence-electron chi connectivity index (χ2n) is 5.54. The minimum atomic E-state index is -0.203. The Morgan fingerprint density at radius 1 is 1.17 bits per heavy atom. The third-order valence-electron chi connectivity index (χ3n) is 3.54. The Balaban J connectivity index is 1.68. The van der Waals surface area contributed by atoms with Crippen molar-refractivity contribution in [2.24, 2.45) is 4.99 Å². The Hall–Kier alpha value is -2.47. The monoisotopic (exact) mass is 329 g/mol. The maximum Gasteiger partial charge on any atom is 0.191 e. The highest BCUT2D eigenvalue weighted by Gasteiger charge is 2.02. The summed E-state index contributed by atoms with van der Waals surface area (Å²) in [7, 11) is 3.78. The Labute approximate surface area is 142 Å². The zero-order valence-electron chi connectivity index (χ0n) is 14.2. The molecular formula is C18H24FN5. The van der Waals surface area contributed by atoms with Gasteiger partial charge in [0.1, 0.15) is 5.82 Å². The van der Waals surface area contributed by atoms with E-state index in [2.05, 4.69) is 25.5 Å². The first-order chi connectivity index (χ1) is 11.7. The van der Waals surface area contributed by atoms with Gasteiger partial charge in [0, 0.05) is 32.9 Å². The summed E-state index contributed by atoms with van der Waals surface area (Å²) in [6, 6.07) is 12.4. The van der Waals surface area contributed by atoms with Gasteiger partial charge in [-0.3, -0.25) is 9.98 Å². The highest BCUT2D eigenvalue weighted by molar-refractivity contribution is 5.79. The first-order valence-electron chi connectivity index (χ1n) is 7.95. The van der Waals surface area contributed by atoms with Gasteiger partial charge in [-0.25, -0.2) is 4.39 Å². The van der Waals surface area contributed by atoms with E-state index in [-0.39, 0.29) is 5.82 Å². The van der Waals surface area contributed by atoms with E-state index in [9.17, 15) is 4.39 Å². The molecule has 0 atom stereocenters. The molecule has 0 saturated carbocycles. The molecule has 0 aliphatic carbocycles. The van der Waals surface area contributed by atoms with Gasteiger partial charge in [0.25, 0.3) is 0 Å². The molecule has 24 heavy (non-hydrogen) atoms. The number of pyridine rings is 1. The predicted octanol–water partition coefficient (Wildman–Crippen LogP) is 2.02. The fourth-order valence-electron chi connectivity index (χ4n) is 2.24. The van der Waals surface area contributed by atoms with Crippen LogP contribution in [0.3, 0.4) is 0 Å². The first kappa shape index (κ1) is 17.9. The summed E-state index contributed by atoms with van der Waals surface area (Å²) in [6.45, 7) is 3.02. The SMILES string of the molecule is CN=C(NCCN(C)Cc1ccc(F)cc1)NCc1ccccn1. The number of nitrogens with zero attached hydrogens (tertiary/aromatic N) is 3. The number of likely N-dealkylation sites (N-methyl/N-ethyl adjacent to an activating group) is 1. The number of hydrogen-bond donors (Lipinski definition) is 2. The maximum absolute atomic E-state index is 12.9. The van der Waals surface area contributed by atoms with E-state index in [4.69, 9.17) is 0 Å².